The average molecular weight is 210 g/mol. The molecule has 0 atom stereocenters. The topological polar surface area (TPSA) is 58.9 Å². The SMILES string of the molecule is CC(C)Oc1ccc(COB(O)O)cc1. The molecule has 1 rings (SSSR count). The molecule has 0 heterocycles. The van der Waals surface area contributed by atoms with Crippen LogP contribution < -0.4 is 4.74 Å². The van der Waals surface area contributed by atoms with Crippen LogP contribution in [0, 0.1) is 0 Å². The Hall–Kier alpha value is -1.04. The van der Waals surface area contributed by atoms with Gasteiger partial charge < -0.3 is 19.4 Å². The first-order chi connectivity index (χ1) is 7.08. The summed E-state index contributed by atoms with van der Waals surface area (Å²) in [5.41, 5.74) is 0.860. The summed E-state index contributed by atoms with van der Waals surface area (Å²) in [6.45, 7) is 4.08. The Kier molecular flexibility index (Phi) is 4.61. The van der Waals surface area contributed by atoms with Crippen molar-refractivity contribution in [3.05, 3.63) is 29.8 Å². The van der Waals surface area contributed by atoms with Crippen LogP contribution in [0.4, 0.5) is 0 Å². The molecular formula is C10H15BO4. The summed E-state index contributed by atoms with van der Waals surface area (Å²) < 4.78 is 10.1. The predicted octanol–water partition coefficient (Wildman–Crippen LogP) is 0.960. The number of ether oxygens (including phenoxy) is 1. The van der Waals surface area contributed by atoms with Gasteiger partial charge in [0.1, 0.15) is 5.75 Å². The molecule has 1 aromatic carbocycles. The molecule has 0 saturated heterocycles. The third-order valence-corrected chi connectivity index (χ3v) is 1.69. The van der Waals surface area contributed by atoms with Gasteiger partial charge >= 0.3 is 7.32 Å². The Morgan fingerprint density at radius 3 is 2.27 bits per heavy atom. The largest absolute Gasteiger partial charge is 0.634 e. The van der Waals surface area contributed by atoms with Crippen molar-refractivity contribution in [2.24, 2.45) is 0 Å². The van der Waals surface area contributed by atoms with Crippen molar-refractivity contribution in [2.45, 2.75) is 26.6 Å². The lowest BCUT2D eigenvalue weighted by Crippen LogP contribution is -2.16. The molecule has 0 aliphatic heterocycles. The molecule has 2 N–H and O–H groups in total. The summed E-state index contributed by atoms with van der Waals surface area (Å²) in [5, 5.41) is 17.0. The molecule has 82 valence electrons. The Morgan fingerprint density at radius 2 is 1.80 bits per heavy atom. The van der Waals surface area contributed by atoms with E-state index in [9.17, 15) is 0 Å². The van der Waals surface area contributed by atoms with Gasteiger partial charge in [0.25, 0.3) is 0 Å². The third kappa shape index (κ3) is 4.83. The minimum atomic E-state index is -1.73. The fourth-order valence-corrected chi connectivity index (χ4v) is 1.11. The molecule has 0 aliphatic rings. The highest BCUT2D eigenvalue weighted by atomic mass is 16.6. The zero-order chi connectivity index (χ0) is 11.3. The van der Waals surface area contributed by atoms with Crippen LogP contribution in [0.25, 0.3) is 0 Å². The van der Waals surface area contributed by atoms with Gasteiger partial charge in [-0.2, -0.15) is 0 Å². The molecule has 0 unspecified atom stereocenters. The zero-order valence-corrected chi connectivity index (χ0v) is 8.88. The van der Waals surface area contributed by atoms with E-state index in [4.69, 9.17) is 14.8 Å². The van der Waals surface area contributed by atoms with Crippen molar-refractivity contribution in [1.82, 2.24) is 0 Å². The molecule has 0 aliphatic carbocycles. The maximum Gasteiger partial charge on any atom is 0.634 e. The van der Waals surface area contributed by atoms with E-state index in [2.05, 4.69) is 4.65 Å². The molecule has 0 amide bonds. The summed E-state index contributed by atoms with van der Waals surface area (Å²) in [4.78, 5) is 0. The quantitative estimate of drug-likeness (QED) is 0.710. The van der Waals surface area contributed by atoms with E-state index in [1.165, 1.54) is 0 Å². The minimum absolute atomic E-state index is 0.145. The standard InChI is InChI=1S/C10H15BO4/c1-8(2)15-10-5-3-9(4-6-10)7-14-11(12)13/h3-6,8,12-13H,7H2,1-2H3. The molecule has 5 heteroatoms. The van der Waals surface area contributed by atoms with E-state index in [0.717, 1.165) is 11.3 Å². The van der Waals surface area contributed by atoms with Crippen LogP contribution in [0.2, 0.25) is 0 Å². The van der Waals surface area contributed by atoms with E-state index in [1.807, 2.05) is 38.1 Å². The highest BCUT2D eigenvalue weighted by molar-refractivity contribution is 6.32. The van der Waals surface area contributed by atoms with Gasteiger partial charge in [-0.15, -0.1) is 0 Å². The van der Waals surface area contributed by atoms with Gasteiger partial charge in [-0.1, -0.05) is 12.1 Å². The van der Waals surface area contributed by atoms with Gasteiger partial charge in [0.2, 0.25) is 0 Å². The summed E-state index contributed by atoms with van der Waals surface area (Å²) in [6, 6.07) is 7.28. The molecule has 4 nitrogen and oxygen atoms in total. The molecule has 0 radical (unpaired) electrons. The Labute approximate surface area is 89.6 Å². The van der Waals surface area contributed by atoms with Gasteiger partial charge in [0.05, 0.1) is 12.7 Å². The molecule has 0 bridgehead atoms. The lowest BCUT2D eigenvalue weighted by molar-refractivity contribution is 0.176. The van der Waals surface area contributed by atoms with Crippen LogP contribution in [0.3, 0.4) is 0 Å². The monoisotopic (exact) mass is 210 g/mol. The number of rotatable bonds is 5. The second-order valence-electron chi connectivity index (χ2n) is 3.45. The van der Waals surface area contributed by atoms with Crippen molar-refractivity contribution in [1.29, 1.82) is 0 Å². The first-order valence-corrected chi connectivity index (χ1v) is 4.81. The van der Waals surface area contributed by atoms with E-state index < -0.39 is 7.32 Å². The van der Waals surface area contributed by atoms with Crippen molar-refractivity contribution >= 4 is 7.32 Å². The summed E-state index contributed by atoms with van der Waals surface area (Å²) >= 11 is 0. The fraction of sp³-hybridized carbons (Fsp3) is 0.400. The second kappa shape index (κ2) is 5.75. The smallest absolute Gasteiger partial charge is 0.491 e. The van der Waals surface area contributed by atoms with Gasteiger partial charge in [0, 0.05) is 0 Å². The lowest BCUT2D eigenvalue weighted by Gasteiger charge is -2.10. The molecule has 15 heavy (non-hydrogen) atoms. The average Bonchev–Trinajstić information content (AvgIpc) is 2.16. The summed E-state index contributed by atoms with van der Waals surface area (Å²) in [6.07, 6.45) is 0.145. The summed E-state index contributed by atoms with van der Waals surface area (Å²) in [7, 11) is -1.73. The predicted molar refractivity (Wildman–Crippen MR) is 57.2 cm³/mol. The van der Waals surface area contributed by atoms with Crippen LogP contribution in [0.1, 0.15) is 19.4 Å². The van der Waals surface area contributed by atoms with Crippen molar-refractivity contribution in [3.63, 3.8) is 0 Å². The highest BCUT2D eigenvalue weighted by Gasteiger charge is 2.08. The molecule has 0 saturated carbocycles. The fourth-order valence-electron chi connectivity index (χ4n) is 1.11. The summed E-state index contributed by atoms with van der Waals surface area (Å²) in [5.74, 6) is 0.790. The van der Waals surface area contributed by atoms with Crippen LogP contribution in [-0.2, 0) is 11.3 Å². The van der Waals surface area contributed by atoms with Crippen LogP contribution in [0.5, 0.6) is 5.75 Å². The molecule has 0 fully saturated rings. The Bertz CT molecular complexity index is 284. The third-order valence-electron chi connectivity index (χ3n) is 1.69. The van der Waals surface area contributed by atoms with E-state index in [-0.39, 0.29) is 12.7 Å². The van der Waals surface area contributed by atoms with Crippen LogP contribution in [0.15, 0.2) is 24.3 Å². The number of hydrogen-bond donors (Lipinski definition) is 2. The molecule has 0 spiro atoms. The maximum atomic E-state index is 8.50. The van der Waals surface area contributed by atoms with Gasteiger partial charge in [-0.05, 0) is 31.5 Å². The second-order valence-corrected chi connectivity index (χ2v) is 3.45. The van der Waals surface area contributed by atoms with E-state index >= 15 is 0 Å². The molecule has 1 aromatic rings. The zero-order valence-electron chi connectivity index (χ0n) is 8.88. The number of hydrogen-bond acceptors (Lipinski definition) is 4. The van der Waals surface area contributed by atoms with Crippen LogP contribution >= 0.6 is 0 Å². The van der Waals surface area contributed by atoms with Gasteiger partial charge in [0.15, 0.2) is 0 Å². The Balaban J connectivity index is 2.49. The lowest BCUT2D eigenvalue weighted by atomic mass is 10.2. The van der Waals surface area contributed by atoms with Gasteiger partial charge in [-0.25, -0.2) is 0 Å². The van der Waals surface area contributed by atoms with Crippen LogP contribution in [-0.4, -0.2) is 23.5 Å². The van der Waals surface area contributed by atoms with Crippen molar-refractivity contribution < 1.29 is 19.4 Å². The van der Waals surface area contributed by atoms with Gasteiger partial charge in [-0.3, -0.25) is 0 Å². The molecular weight excluding hydrogens is 195 g/mol. The van der Waals surface area contributed by atoms with E-state index in [1.54, 1.807) is 0 Å². The first-order valence-electron chi connectivity index (χ1n) is 4.81. The first kappa shape index (κ1) is 12.0. The number of benzene rings is 1. The van der Waals surface area contributed by atoms with Crippen molar-refractivity contribution in [3.8, 4) is 5.75 Å². The van der Waals surface area contributed by atoms with E-state index in [0.29, 0.717) is 0 Å². The molecule has 0 aromatic heterocycles. The highest BCUT2D eigenvalue weighted by Crippen LogP contribution is 2.14. The van der Waals surface area contributed by atoms with Crippen molar-refractivity contribution in [2.75, 3.05) is 0 Å². The Morgan fingerprint density at radius 1 is 1.20 bits per heavy atom. The normalized spacial score (nSPS) is 10.5. The minimum Gasteiger partial charge on any atom is -0.491 e. The maximum absolute atomic E-state index is 8.50.